The van der Waals surface area contributed by atoms with Gasteiger partial charge in [-0.05, 0) is 6.42 Å². The van der Waals surface area contributed by atoms with E-state index in [1.807, 2.05) is 6.92 Å². The van der Waals surface area contributed by atoms with Crippen LogP contribution in [0.4, 0.5) is 0 Å². The summed E-state index contributed by atoms with van der Waals surface area (Å²) in [6.45, 7) is 1.84. The summed E-state index contributed by atoms with van der Waals surface area (Å²) >= 11 is 0. The van der Waals surface area contributed by atoms with Crippen molar-refractivity contribution in [2.45, 2.75) is 44.1 Å². The number of hydrogen-bond donors (Lipinski definition) is 4. The SMILES string of the molecule is CCCO[C@H]1O[C@H](CO)[C@H](O)[C@H](O)[C@H]1O. The highest BCUT2D eigenvalue weighted by Gasteiger charge is 2.43. The van der Waals surface area contributed by atoms with Gasteiger partial charge in [0, 0.05) is 6.61 Å². The van der Waals surface area contributed by atoms with Crippen molar-refractivity contribution in [1.82, 2.24) is 0 Å². The lowest BCUT2D eigenvalue weighted by Crippen LogP contribution is -2.59. The van der Waals surface area contributed by atoms with Crippen molar-refractivity contribution in [3.8, 4) is 0 Å². The Kier molecular flexibility index (Phi) is 4.91. The Labute approximate surface area is 88.1 Å². The first-order chi connectivity index (χ1) is 7.11. The van der Waals surface area contributed by atoms with E-state index in [1.54, 1.807) is 0 Å². The number of rotatable bonds is 4. The molecule has 15 heavy (non-hydrogen) atoms. The molecule has 0 spiro atoms. The lowest BCUT2D eigenvalue weighted by Gasteiger charge is -2.39. The molecule has 6 nitrogen and oxygen atoms in total. The molecule has 1 saturated heterocycles. The van der Waals surface area contributed by atoms with Crippen molar-refractivity contribution in [2.24, 2.45) is 0 Å². The molecular formula is C9H18O6. The predicted octanol–water partition coefficient (Wildman–Crippen LogP) is -1.79. The van der Waals surface area contributed by atoms with E-state index in [1.165, 1.54) is 0 Å². The summed E-state index contributed by atoms with van der Waals surface area (Å²) in [6, 6.07) is 0. The molecular weight excluding hydrogens is 204 g/mol. The summed E-state index contributed by atoms with van der Waals surface area (Å²) in [4.78, 5) is 0. The van der Waals surface area contributed by atoms with Gasteiger partial charge in [-0.15, -0.1) is 0 Å². The molecule has 1 aliphatic rings. The number of hydrogen-bond acceptors (Lipinski definition) is 6. The lowest BCUT2D eigenvalue weighted by atomic mass is 9.99. The minimum absolute atomic E-state index is 0.378. The Hall–Kier alpha value is -0.240. The largest absolute Gasteiger partial charge is 0.394 e. The van der Waals surface area contributed by atoms with Crippen molar-refractivity contribution in [1.29, 1.82) is 0 Å². The van der Waals surface area contributed by atoms with Gasteiger partial charge in [0.2, 0.25) is 0 Å². The van der Waals surface area contributed by atoms with Crippen LogP contribution in [0.5, 0.6) is 0 Å². The van der Waals surface area contributed by atoms with Crippen LogP contribution < -0.4 is 0 Å². The van der Waals surface area contributed by atoms with Gasteiger partial charge in [-0.1, -0.05) is 6.92 Å². The first-order valence-corrected chi connectivity index (χ1v) is 5.04. The lowest BCUT2D eigenvalue weighted by molar-refractivity contribution is -0.300. The van der Waals surface area contributed by atoms with Crippen LogP contribution in [-0.4, -0.2) is 64.3 Å². The molecule has 0 bridgehead atoms. The highest BCUT2D eigenvalue weighted by molar-refractivity contribution is 4.88. The molecule has 0 aromatic carbocycles. The van der Waals surface area contributed by atoms with Crippen LogP contribution in [0.1, 0.15) is 13.3 Å². The average molecular weight is 222 g/mol. The molecule has 90 valence electrons. The summed E-state index contributed by atoms with van der Waals surface area (Å²) < 4.78 is 10.2. The van der Waals surface area contributed by atoms with Gasteiger partial charge >= 0.3 is 0 Å². The third-order valence-electron chi connectivity index (χ3n) is 2.33. The van der Waals surface area contributed by atoms with Gasteiger partial charge in [0.15, 0.2) is 6.29 Å². The van der Waals surface area contributed by atoms with E-state index in [0.29, 0.717) is 6.61 Å². The number of aliphatic hydroxyl groups excluding tert-OH is 4. The summed E-state index contributed by atoms with van der Waals surface area (Å²) in [5.41, 5.74) is 0. The van der Waals surface area contributed by atoms with E-state index in [9.17, 15) is 15.3 Å². The topological polar surface area (TPSA) is 99.4 Å². The van der Waals surface area contributed by atoms with E-state index in [4.69, 9.17) is 14.6 Å². The molecule has 0 radical (unpaired) electrons. The van der Waals surface area contributed by atoms with Gasteiger partial charge in [0.25, 0.3) is 0 Å². The Bertz CT molecular complexity index is 185. The van der Waals surface area contributed by atoms with Crippen molar-refractivity contribution >= 4 is 0 Å². The molecule has 1 rings (SSSR count). The quantitative estimate of drug-likeness (QED) is 0.448. The molecule has 0 aromatic rings. The van der Waals surface area contributed by atoms with E-state index >= 15 is 0 Å². The Morgan fingerprint density at radius 1 is 1.13 bits per heavy atom. The van der Waals surface area contributed by atoms with Gasteiger partial charge in [0.1, 0.15) is 24.4 Å². The van der Waals surface area contributed by atoms with Gasteiger partial charge in [-0.3, -0.25) is 0 Å². The van der Waals surface area contributed by atoms with Crippen LogP contribution in [0, 0.1) is 0 Å². The fraction of sp³-hybridized carbons (Fsp3) is 1.00. The molecule has 0 amide bonds. The van der Waals surface area contributed by atoms with E-state index in [-0.39, 0.29) is 0 Å². The molecule has 6 heteroatoms. The summed E-state index contributed by atoms with van der Waals surface area (Å²) in [5, 5.41) is 37.2. The third-order valence-corrected chi connectivity index (χ3v) is 2.33. The van der Waals surface area contributed by atoms with Gasteiger partial charge in [-0.2, -0.15) is 0 Å². The van der Waals surface area contributed by atoms with Crippen LogP contribution in [-0.2, 0) is 9.47 Å². The predicted molar refractivity (Wildman–Crippen MR) is 50.0 cm³/mol. The standard InChI is InChI=1S/C9H18O6/c1-2-3-14-9-8(13)7(12)6(11)5(4-10)15-9/h5-13H,2-4H2,1H3/t5-,6+,7+,8-,9+/m1/s1. The molecule has 0 aromatic heterocycles. The number of ether oxygens (including phenoxy) is 2. The minimum Gasteiger partial charge on any atom is -0.394 e. The van der Waals surface area contributed by atoms with Crippen LogP contribution in [0.2, 0.25) is 0 Å². The highest BCUT2D eigenvalue weighted by Crippen LogP contribution is 2.21. The normalized spacial score (nSPS) is 41.8. The van der Waals surface area contributed by atoms with Crippen LogP contribution >= 0.6 is 0 Å². The Morgan fingerprint density at radius 3 is 2.33 bits per heavy atom. The molecule has 1 heterocycles. The van der Waals surface area contributed by atoms with E-state index in [0.717, 1.165) is 6.42 Å². The van der Waals surface area contributed by atoms with Crippen LogP contribution in [0.25, 0.3) is 0 Å². The Morgan fingerprint density at radius 2 is 1.80 bits per heavy atom. The van der Waals surface area contributed by atoms with Crippen molar-refractivity contribution < 1.29 is 29.9 Å². The average Bonchev–Trinajstić information content (AvgIpc) is 2.25. The Balaban J connectivity index is 2.57. The zero-order valence-corrected chi connectivity index (χ0v) is 8.61. The molecule has 0 aliphatic carbocycles. The van der Waals surface area contributed by atoms with Crippen LogP contribution in [0.15, 0.2) is 0 Å². The fourth-order valence-corrected chi connectivity index (χ4v) is 1.44. The van der Waals surface area contributed by atoms with Crippen molar-refractivity contribution in [3.63, 3.8) is 0 Å². The smallest absolute Gasteiger partial charge is 0.186 e. The maximum Gasteiger partial charge on any atom is 0.186 e. The molecule has 0 saturated carbocycles. The van der Waals surface area contributed by atoms with Crippen molar-refractivity contribution in [3.05, 3.63) is 0 Å². The van der Waals surface area contributed by atoms with Gasteiger partial charge < -0.3 is 29.9 Å². The number of aliphatic hydroxyl groups is 4. The van der Waals surface area contributed by atoms with Gasteiger partial charge in [-0.25, -0.2) is 0 Å². The molecule has 1 aliphatic heterocycles. The van der Waals surface area contributed by atoms with Crippen molar-refractivity contribution in [2.75, 3.05) is 13.2 Å². The molecule has 5 atom stereocenters. The monoisotopic (exact) mass is 222 g/mol. The zero-order chi connectivity index (χ0) is 11.4. The zero-order valence-electron chi connectivity index (χ0n) is 8.61. The maximum absolute atomic E-state index is 9.51. The molecule has 0 unspecified atom stereocenters. The minimum atomic E-state index is -1.36. The summed E-state index contributed by atoms with van der Waals surface area (Å²) in [7, 11) is 0. The maximum atomic E-state index is 9.51. The van der Waals surface area contributed by atoms with E-state index in [2.05, 4.69) is 0 Å². The van der Waals surface area contributed by atoms with Crippen LogP contribution in [0.3, 0.4) is 0 Å². The third kappa shape index (κ3) is 2.87. The van der Waals surface area contributed by atoms with Gasteiger partial charge in [0.05, 0.1) is 6.61 Å². The summed E-state index contributed by atoms with van der Waals surface area (Å²) in [5.74, 6) is 0. The van der Waals surface area contributed by atoms with E-state index < -0.39 is 37.3 Å². The second-order valence-electron chi connectivity index (χ2n) is 3.57. The fourth-order valence-electron chi connectivity index (χ4n) is 1.44. The first kappa shape index (κ1) is 12.8. The molecule has 1 fully saturated rings. The molecule has 4 N–H and O–H groups in total. The first-order valence-electron chi connectivity index (χ1n) is 5.04. The second kappa shape index (κ2) is 5.74. The second-order valence-corrected chi connectivity index (χ2v) is 3.57. The summed E-state index contributed by atoms with van der Waals surface area (Å²) in [6.07, 6.45) is -5.14. The highest BCUT2D eigenvalue weighted by atomic mass is 16.7.